The lowest BCUT2D eigenvalue weighted by Gasteiger charge is -2.00. The van der Waals surface area contributed by atoms with E-state index < -0.39 is 0 Å². The molecule has 3 aromatic rings. The highest BCUT2D eigenvalue weighted by molar-refractivity contribution is 6.31. The van der Waals surface area contributed by atoms with Gasteiger partial charge in [0.2, 0.25) is 10.6 Å². The van der Waals surface area contributed by atoms with Crippen LogP contribution < -0.4 is 0 Å². The van der Waals surface area contributed by atoms with Crippen LogP contribution in [0.5, 0.6) is 0 Å². The molecule has 0 atom stereocenters. The summed E-state index contributed by atoms with van der Waals surface area (Å²) in [5.41, 5.74) is 3.22. The predicted octanol–water partition coefficient (Wildman–Crippen LogP) is 4.37. The van der Waals surface area contributed by atoms with E-state index in [9.17, 15) is 0 Å². The van der Waals surface area contributed by atoms with Gasteiger partial charge in [-0.2, -0.15) is 20.1 Å². The molecule has 0 radical (unpaired) electrons. The lowest BCUT2D eigenvalue weighted by atomic mass is 10.1. The number of nitrogens with zero attached hydrogens (tertiary/aromatic N) is 5. The van der Waals surface area contributed by atoms with E-state index in [0.29, 0.717) is 0 Å². The fourth-order valence-corrected chi connectivity index (χ4v) is 2.10. The Kier molecular flexibility index (Phi) is 5.46. The molecule has 1 aromatic carbocycles. The van der Waals surface area contributed by atoms with Crippen LogP contribution in [0.15, 0.2) is 36.7 Å². The molecule has 0 fully saturated rings. The van der Waals surface area contributed by atoms with Crippen molar-refractivity contribution in [3.63, 3.8) is 0 Å². The molecule has 114 valence electrons. The normalized spacial score (nSPS) is 10.0. The predicted molar refractivity (Wildman–Crippen MR) is 88.5 cm³/mol. The van der Waals surface area contributed by atoms with Crippen LogP contribution in [0, 0.1) is 6.92 Å². The van der Waals surface area contributed by atoms with Crippen LogP contribution in [0.3, 0.4) is 0 Å². The summed E-state index contributed by atoms with van der Waals surface area (Å²) >= 11 is 11.5. The molecule has 0 aliphatic rings. The van der Waals surface area contributed by atoms with Crippen LogP contribution in [0.2, 0.25) is 10.6 Å². The molecule has 3 rings (SSSR count). The first kappa shape index (κ1) is 16.4. The van der Waals surface area contributed by atoms with Crippen molar-refractivity contribution in [1.82, 2.24) is 24.7 Å². The molecule has 2 aromatic heterocycles. The van der Waals surface area contributed by atoms with Crippen LogP contribution in [0.25, 0.3) is 17.1 Å². The van der Waals surface area contributed by atoms with Crippen molar-refractivity contribution in [3.8, 4) is 17.1 Å². The van der Waals surface area contributed by atoms with E-state index >= 15 is 0 Å². The second kappa shape index (κ2) is 7.33. The van der Waals surface area contributed by atoms with Crippen molar-refractivity contribution in [2.24, 2.45) is 0 Å². The van der Waals surface area contributed by atoms with Gasteiger partial charge in [-0.25, -0.2) is 4.68 Å². The third kappa shape index (κ3) is 3.81. The van der Waals surface area contributed by atoms with E-state index in [1.165, 1.54) is 10.2 Å². The number of benzene rings is 1. The highest BCUT2D eigenvalue weighted by atomic mass is 35.5. The average Bonchev–Trinajstić information content (AvgIpc) is 2.99. The number of hydrogen-bond acceptors (Lipinski definition) is 4. The van der Waals surface area contributed by atoms with Crippen LogP contribution in [-0.4, -0.2) is 24.7 Å². The minimum Gasteiger partial charge on any atom is -0.205 e. The lowest BCUT2D eigenvalue weighted by molar-refractivity contribution is 0.795. The maximum absolute atomic E-state index is 5.75. The molecule has 0 aliphatic carbocycles. The SMILES string of the molecule is CC.Cc1ccc(-c2cnn(-c3nc(Cl)nc(Cl)n3)c2)cc1. The van der Waals surface area contributed by atoms with Gasteiger partial charge in [0, 0.05) is 11.8 Å². The number of halogens is 2. The number of aryl methyl sites for hydroxylation is 1. The van der Waals surface area contributed by atoms with Crippen LogP contribution in [0.1, 0.15) is 19.4 Å². The summed E-state index contributed by atoms with van der Waals surface area (Å²) in [5.74, 6) is 0.286. The largest absolute Gasteiger partial charge is 0.256 e. The molecule has 0 saturated carbocycles. The summed E-state index contributed by atoms with van der Waals surface area (Å²) in [6.07, 6.45) is 3.54. The zero-order chi connectivity index (χ0) is 16.1. The molecule has 0 unspecified atom stereocenters. The average molecular weight is 336 g/mol. The smallest absolute Gasteiger partial charge is 0.205 e. The molecule has 0 N–H and O–H groups in total. The van der Waals surface area contributed by atoms with Gasteiger partial charge in [0.05, 0.1) is 6.20 Å². The Hall–Kier alpha value is -1.98. The van der Waals surface area contributed by atoms with Crippen molar-refractivity contribution >= 4 is 23.2 Å². The van der Waals surface area contributed by atoms with E-state index in [0.717, 1.165) is 11.1 Å². The zero-order valence-electron chi connectivity index (χ0n) is 12.5. The first-order valence-corrected chi connectivity index (χ1v) is 7.56. The molecule has 0 spiro atoms. The lowest BCUT2D eigenvalue weighted by Crippen LogP contribution is -2.03. The number of aromatic nitrogens is 5. The monoisotopic (exact) mass is 335 g/mol. The van der Waals surface area contributed by atoms with Crippen LogP contribution in [0.4, 0.5) is 0 Å². The third-order valence-corrected chi connectivity index (χ3v) is 3.08. The van der Waals surface area contributed by atoms with E-state index in [4.69, 9.17) is 23.2 Å². The Balaban J connectivity index is 0.000000847. The molecular formula is C15H15Cl2N5. The Morgan fingerprint density at radius 3 is 2.05 bits per heavy atom. The molecule has 0 amide bonds. The summed E-state index contributed by atoms with van der Waals surface area (Å²) in [6.45, 7) is 6.04. The highest BCUT2D eigenvalue weighted by Crippen LogP contribution is 2.20. The van der Waals surface area contributed by atoms with Gasteiger partial charge in [0.15, 0.2) is 0 Å². The summed E-state index contributed by atoms with van der Waals surface area (Å²) in [6, 6.07) is 8.15. The maximum atomic E-state index is 5.75. The van der Waals surface area contributed by atoms with E-state index in [1.807, 2.05) is 51.2 Å². The minimum absolute atomic E-state index is 0.0346. The topological polar surface area (TPSA) is 56.5 Å². The molecule has 2 heterocycles. The second-order valence-electron chi connectivity index (χ2n) is 4.21. The van der Waals surface area contributed by atoms with Crippen LogP contribution in [-0.2, 0) is 0 Å². The minimum atomic E-state index is 0.0346. The summed E-state index contributed by atoms with van der Waals surface area (Å²) in [4.78, 5) is 11.7. The summed E-state index contributed by atoms with van der Waals surface area (Å²) < 4.78 is 1.51. The molecule has 0 saturated heterocycles. The molecule has 7 heteroatoms. The molecule has 5 nitrogen and oxygen atoms in total. The Morgan fingerprint density at radius 1 is 0.864 bits per heavy atom. The molecule has 0 bridgehead atoms. The van der Waals surface area contributed by atoms with Gasteiger partial charge in [-0.3, -0.25) is 0 Å². The van der Waals surface area contributed by atoms with Gasteiger partial charge in [-0.05, 0) is 35.7 Å². The van der Waals surface area contributed by atoms with Gasteiger partial charge in [0.1, 0.15) is 0 Å². The molecule has 0 aliphatic heterocycles. The highest BCUT2D eigenvalue weighted by Gasteiger charge is 2.08. The van der Waals surface area contributed by atoms with Crippen molar-refractivity contribution < 1.29 is 0 Å². The fourth-order valence-electron chi connectivity index (χ4n) is 1.75. The molecular weight excluding hydrogens is 321 g/mol. The first-order chi connectivity index (χ1) is 10.6. The maximum Gasteiger partial charge on any atom is 0.256 e. The third-order valence-electron chi connectivity index (χ3n) is 2.74. The van der Waals surface area contributed by atoms with E-state index in [1.54, 1.807) is 6.20 Å². The quantitative estimate of drug-likeness (QED) is 0.697. The van der Waals surface area contributed by atoms with Gasteiger partial charge < -0.3 is 0 Å². The zero-order valence-corrected chi connectivity index (χ0v) is 14.0. The van der Waals surface area contributed by atoms with E-state index in [2.05, 4.69) is 20.1 Å². The Labute approximate surface area is 139 Å². The van der Waals surface area contributed by atoms with Gasteiger partial charge in [0.25, 0.3) is 5.95 Å². The summed E-state index contributed by atoms with van der Waals surface area (Å²) in [5, 5.41) is 4.28. The summed E-state index contributed by atoms with van der Waals surface area (Å²) in [7, 11) is 0. The number of hydrogen-bond donors (Lipinski definition) is 0. The Morgan fingerprint density at radius 2 is 1.45 bits per heavy atom. The molecule has 22 heavy (non-hydrogen) atoms. The van der Waals surface area contributed by atoms with E-state index in [-0.39, 0.29) is 16.5 Å². The van der Waals surface area contributed by atoms with Crippen molar-refractivity contribution in [2.75, 3.05) is 0 Å². The van der Waals surface area contributed by atoms with Gasteiger partial charge in [-0.1, -0.05) is 43.7 Å². The van der Waals surface area contributed by atoms with Crippen LogP contribution >= 0.6 is 23.2 Å². The fraction of sp³-hybridized carbons (Fsp3) is 0.200. The van der Waals surface area contributed by atoms with Gasteiger partial charge in [-0.15, -0.1) is 0 Å². The first-order valence-electron chi connectivity index (χ1n) is 6.81. The Bertz CT molecular complexity index is 733. The van der Waals surface area contributed by atoms with Crippen molar-refractivity contribution in [3.05, 3.63) is 52.8 Å². The standard InChI is InChI=1S/C13H9Cl2N5.C2H6/c1-8-2-4-9(5-3-8)10-6-16-20(7-10)13-18-11(14)17-12(15)19-13;1-2/h2-7H,1H3;1-2H3. The van der Waals surface area contributed by atoms with Crippen molar-refractivity contribution in [2.45, 2.75) is 20.8 Å². The number of rotatable bonds is 2. The second-order valence-corrected chi connectivity index (χ2v) is 4.89. The van der Waals surface area contributed by atoms with Crippen molar-refractivity contribution in [1.29, 1.82) is 0 Å². The van der Waals surface area contributed by atoms with Gasteiger partial charge >= 0.3 is 0 Å².